The molecule has 0 amide bonds. The first-order chi connectivity index (χ1) is 0. The van der Waals surface area contributed by atoms with Gasteiger partial charge in [0.1, 0.15) is 0 Å². The van der Waals surface area contributed by atoms with E-state index in [1.807, 2.05) is 0 Å². The van der Waals surface area contributed by atoms with E-state index in [4.69, 9.17) is 0 Å². The molecule has 0 bridgehead atoms. The molecule has 0 nitrogen and oxygen atoms in total. The molecule has 4 heavy (non-hydrogen) atoms. The molecule has 0 rings (SSSR count). The van der Waals surface area contributed by atoms with Gasteiger partial charge in [-0.25, -0.2) is 0 Å². The summed E-state index contributed by atoms with van der Waals surface area (Å²) in [7, 11) is 0. The molecule has 0 aromatic rings. The Hall–Kier alpha value is 2.44. The van der Waals surface area contributed by atoms with Crippen molar-refractivity contribution in [2.45, 2.75) is 0 Å². The molecule has 0 spiro atoms. The van der Waals surface area contributed by atoms with Crippen molar-refractivity contribution < 1.29 is 76.9 Å². The number of hydrogen-bond acceptors (Lipinski definition) is 0. The molecule has 0 unspecified atom stereocenters. The van der Waals surface area contributed by atoms with Crippen molar-refractivity contribution in [1.29, 1.82) is 0 Å². The fraction of sp³-hybridized carbons (Fsp3) is 0. The van der Waals surface area contributed by atoms with Crippen LogP contribution in [0.15, 0.2) is 0 Å². The molecule has 0 atom stereocenters. The van der Waals surface area contributed by atoms with Gasteiger partial charge in [-0.2, -0.15) is 0 Å². The van der Waals surface area contributed by atoms with E-state index in [9.17, 15) is 0 Å². The van der Waals surface area contributed by atoms with Gasteiger partial charge in [-0.1, -0.05) is 0 Å². The van der Waals surface area contributed by atoms with E-state index in [1.165, 1.54) is 0 Å². The number of hydrogen-bond donors (Lipinski definition) is 0. The maximum atomic E-state index is 0. The molecule has 0 aromatic carbocycles. The summed E-state index contributed by atoms with van der Waals surface area (Å²) < 4.78 is 0. The predicted octanol–water partition coefficient (Wildman–Crippen LogP) is -0.0100. The molecule has 0 aliphatic carbocycles. The minimum absolute atomic E-state index is 0. The van der Waals surface area contributed by atoms with Crippen LogP contribution in [-0.4, -0.2) is 0 Å². The summed E-state index contributed by atoms with van der Waals surface area (Å²) in [5.74, 6) is 0. The minimum atomic E-state index is 0. The van der Waals surface area contributed by atoms with Gasteiger partial charge in [0.05, 0.1) is 0 Å². The number of rotatable bonds is 0. The maximum Gasteiger partial charge on any atom is 0 e. The molecule has 0 aliphatic rings. The van der Waals surface area contributed by atoms with Gasteiger partial charge >= 0.3 is 0 Å². The largest absolute Gasteiger partial charge is 0 e. The van der Waals surface area contributed by atoms with E-state index in [0.29, 0.717) is 0 Å². The third-order valence-corrected chi connectivity index (χ3v) is 0. The molecule has 0 heterocycles. The third kappa shape index (κ3) is 8.82. The molecule has 0 aliphatic heterocycles. The Morgan fingerprint density at radius 2 is 1.00 bits per heavy atom. The molecule has 0 saturated heterocycles. The molecule has 0 saturated carbocycles. The van der Waals surface area contributed by atoms with Crippen LogP contribution >= 0.6 is 0 Å². The van der Waals surface area contributed by atoms with Crippen LogP contribution in [0.5, 0.6) is 0 Å². The van der Waals surface area contributed by atoms with Crippen molar-refractivity contribution in [1.82, 2.24) is 0 Å². The molecule has 0 aromatic heterocycles. The summed E-state index contributed by atoms with van der Waals surface area (Å²) in [5.41, 5.74) is 0. The van der Waals surface area contributed by atoms with Crippen molar-refractivity contribution in [3.05, 3.63) is 0 Å². The summed E-state index contributed by atoms with van der Waals surface area (Å²) in [6.07, 6.45) is 0. The SMILES string of the molecule is [Fe].[Mn].[Ti].[W]. The molecule has 1 radical (unpaired) electrons. The normalized spacial score (nSPS) is 0. The Labute approximate surface area is 76.0 Å². The van der Waals surface area contributed by atoms with E-state index in [2.05, 4.69) is 0 Å². The second-order valence-corrected chi connectivity index (χ2v) is 0. The van der Waals surface area contributed by atoms with Gasteiger partial charge in [-0.05, 0) is 0 Å². The quantitative estimate of drug-likeness (QED) is 0.543. The molecule has 4 heteroatoms. The predicted molar refractivity (Wildman–Crippen MR) is 0 cm³/mol. The third-order valence-electron chi connectivity index (χ3n) is 0. The van der Waals surface area contributed by atoms with Gasteiger partial charge in [0.15, 0.2) is 0 Å². The zero-order chi connectivity index (χ0) is 0. The Bertz CT molecular complexity index is 8.00. The molecular weight excluding hydrogens is 342 g/mol. The van der Waals surface area contributed by atoms with Crippen molar-refractivity contribution in [3.63, 3.8) is 0 Å². The van der Waals surface area contributed by atoms with Crippen LogP contribution < -0.4 is 0 Å². The van der Waals surface area contributed by atoms with Crippen LogP contribution in [0.4, 0.5) is 0 Å². The Morgan fingerprint density at radius 1 is 1.00 bits per heavy atom. The first-order valence-electron chi connectivity index (χ1n) is 0. The Kier molecular flexibility index (Phi) is 144. The van der Waals surface area contributed by atoms with E-state index in [0.717, 1.165) is 0 Å². The van der Waals surface area contributed by atoms with Crippen LogP contribution in [0.25, 0.3) is 0 Å². The average Bonchev–Trinajstić information content (AvgIpc) is 0. The van der Waals surface area contributed by atoms with Gasteiger partial charge in [0, 0.05) is 76.9 Å². The van der Waals surface area contributed by atoms with E-state index in [-0.39, 0.29) is 76.9 Å². The van der Waals surface area contributed by atoms with Crippen LogP contribution in [0.3, 0.4) is 0 Å². The van der Waals surface area contributed by atoms with E-state index >= 15 is 0 Å². The van der Waals surface area contributed by atoms with E-state index in [1.54, 1.807) is 0 Å². The summed E-state index contributed by atoms with van der Waals surface area (Å²) >= 11 is 0. The second-order valence-electron chi connectivity index (χ2n) is 0. The van der Waals surface area contributed by atoms with Crippen LogP contribution in [-0.2, 0) is 76.9 Å². The second kappa shape index (κ2) is 18.0. The standard InChI is InChI=1S/Fe.Mn.Ti.W. The fourth-order valence-electron chi connectivity index (χ4n) is 0. The van der Waals surface area contributed by atoms with Crippen LogP contribution in [0.2, 0.25) is 0 Å². The molecule has 0 fully saturated rings. The van der Waals surface area contributed by atoms with E-state index < -0.39 is 0 Å². The fourth-order valence-corrected chi connectivity index (χ4v) is 0. The zero-order valence-corrected chi connectivity index (χ0v) is 8.42. The molecular formula is FeMnTiW. The molecule has 0 N–H and O–H groups in total. The smallest absolute Gasteiger partial charge is 0 e. The molecule has 25 valence electrons. The monoisotopic (exact) mass is 343 g/mol. The van der Waals surface area contributed by atoms with Crippen molar-refractivity contribution in [2.24, 2.45) is 0 Å². The van der Waals surface area contributed by atoms with Gasteiger partial charge in [-0.3, -0.25) is 0 Å². The van der Waals surface area contributed by atoms with Crippen LogP contribution in [0.1, 0.15) is 0 Å². The average molecular weight is 342 g/mol. The van der Waals surface area contributed by atoms with Crippen molar-refractivity contribution >= 4 is 0 Å². The first kappa shape index (κ1) is 32.0. The van der Waals surface area contributed by atoms with Crippen LogP contribution in [0, 0.1) is 0 Å². The topological polar surface area (TPSA) is 0 Å². The summed E-state index contributed by atoms with van der Waals surface area (Å²) in [6, 6.07) is 0. The van der Waals surface area contributed by atoms with Crippen molar-refractivity contribution in [3.8, 4) is 0 Å². The summed E-state index contributed by atoms with van der Waals surface area (Å²) in [5, 5.41) is 0. The Morgan fingerprint density at radius 3 is 1.00 bits per heavy atom. The van der Waals surface area contributed by atoms with Crippen molar-refractivity contribution in [2.75, 3.05) is 0 Å². The minimum Gasteiger partial charge on any atom is 0 e. The first-order valence-corrected chi connectivity index (χ1v) is 0. The Balaban J connectivity index is 0. The maximum absolute atomic E-state index is 0. The summed E-state index contributed by atoms with van der Waals surface area (Å²) in [4.78, 5) is 0. The van der Waals surface area contributed by atoms with Gasteiger partial charge in [0.25, 0.3) is 0 Å². The van der Waals surface area contributed by atoms with Gasteiger partial charge < -0.3 is 0 Å². The van der Waals surface area contributed by atoms with Gasteiger partial charge in [0.2, 0.25) is 0 Å². The zero-order valence-electron chi connectivity index (χ0n) is 1.64. The van der Waals surface area contributed by atoms with Gasteiger partial charge in [-0.15, -0.1) is 0 Å². The summed E-state index contributed by atoms with van der Waals surface area (Å²) in [6.45, 7) is 0.